The molecule has 0 unspecified atom stereocenters. The Hall–Kier alpha value is -3.10. The van der Waals surface area contributed by atoms with Crippen LogP contribution >= 0.6 is 11.6 Å². The van der Waals surface area contributed by atoms with Crippen molar-refractivity contribution in [2.45, 2.75) is 24.3 Å². The molecule has 0 aliphatic carbocycles. The number of hydrogen-bond acceptors (Lipinski definition) is 5. The van der Waals surface area contributed by atoms with Crippen molar-refractivity contribution >= 4 is 38.9 Å². The molecule has 1 atom stereocenters. The number of carbonyl (C=O) groups excluding carboxylic acids is 1. The molecule has 1 amide bonds. The van der Waals surface area contributed by atoms with Crippen molar-refractivity contribution in [1.82, 2.24) is 4.98 Å². The summed E-state index contributed by atoms with van der Waals surface area (Å²) < 4.78 is 33.1. The second-order valence-electron chi connectivity index (χ2n) is 6.31. The molecule has 2 aromatic carbocycles. The Morgan fingerprint density at radius 1 is 1.07 bits per heavy atom. The Balaban J connectivity index is 1.67. The Bertz CT molecular complexity index is 1110. The minimum absolute atomic E-state index is 0.0590. The lowest BCUT2D eigenvalue weighted by molar-refractivity contribution is -0.122. The molecule has 0 aliphatic heterocycles. The number of ether oxygens (including phenoxy) is 1. The number of nitrogens with one attached hydrogen (secondary N) is 2. The highest BCUT2D eigenvalue weighted by atomic mass is 35.5. The molecule has 0 fully saturated rings. The van der Waals surface area contributed by atoms with Gasteiger partial charge in [0.25, 0.3) is 15.9 Å². The largest absolute Gasteiger partial charge is 0.479 e. The van der Waals surface area contributed by atoms with Gasteiger partial charge in [0.2, 0.25) is 0 Å². The zero-order valence-electron chi connectivity index (χ0n) is 16.1. The Kier molecular flexibility index (Phi) is 6.91. The molecule has 3 aromatic rings. The van der Waals surface area contributed by atoms with Crippen LogP contribution in [0, 0.1) is 0 Å². The van der Waals surface area contributed by atoms with Gasteiger partial charge >= 0.3 is 0 Å². The summed E-state index contributed by atoms with van der Waals surface area (Å²) >= 11 is 6.08. The van der Waals surface area contributed by atoms with Gasteiger partial charge in [-0.2, -0.15) is 0 Å². The molecule has 0 bridgehead atoms. The predicted octanol–water partition coefficient (Wildman–Crippen LogP) is 4.33. The lowest BCUT2D eigenvalue weighted by Crippen LogP contribution is -2.32. The van der Waals surface area contributed by atoms with Gasteiger partial charge in [-0.25, -0.2) is 8.42 Å². The van der Waals surface area contributed by atoms with Gasteiger partial charge in [-0.15, -0.1) is 0 Å². The molecule has 0 saturated heterocycles. The average molecular weight is 446 g/mol. The van der Waals surface area contributed by atoms with Gasteiger partial charge in [-0.3, -0.25) is 14.5 Å². The first-order valence-electron chi connectivity index (χ1n) is 9.14. The van der Waals surface area contributed by atoms with Gasteiger partial charge in [0.1, 0.15) is 5.75 Å². The van der Waals surface area contributed by atoms with Crippen LogP contribution in [0.4, 0.5) is 11.4 Å². The van der Waals surface area contributed by atoms with Crippen molar-refractivity contribution in [3.8, 4) is 5.75 Å². The van der Waals surface area contributed by atoms with Crippen molar-refractivity contribution in [3.05, 3.63) is 78.1 Å². The minimum atomic E-state index is -3.77. The molecule has 0 saturated carbocycles. The van der Waals surface area contributed by atoms with E-state index >= 15 is 0 Å². The second kappa shape index (κ2) is 9.60. The number of benzene rings is 2. The van der Waals surface area contributed by atoms with Gasteiger partial charge in [0, 0.05) is 11.9 Å². The number of sulfonamides is 1. The molecule has 3 rings (SSSR count). The van der Waals surface area contributed by atoms with E-state index in [1.807, 2.05) is 6.92 Å². The fourth-order valence-electron chi connectivity index (χ4n) is 2.59. The smallest absolute Gasteiger partial charge is 0.265 e. The summed E-state index contributed by atoms with van der Waals surface area (Å²) in [5.74, 6) is 0.0607. The molecule has 30 heavy (non-hydrogen) atoms. The number of amides is 1. The molecule has 0 spiro atoms. The number of hydrogen-bond donors (Lipinski definition) is 2. The van der Waals surface area contributed by atoms with E-state index in [1.165, 1.54) is 30.5 Å². The van der Waals surface area contributed by atoms with Crippen LogP contribution in [-0.2, 0) is 14.8 Å². The summed E-state index contributed by atoms with van der Waals surface area (Å²) in [6.07, 6.45) is 2.64. The van der Waals surface area contributed by atoms with Crippen molar-refractivity contribution in [3.63, 3.8) is 0 Å². The summed E-state index contributed by atoms with van der Waals surface area (Å²) in [7, 11) is -3.77. The van der Waals surface area contributed by atoms with Crippen LogP contribution in [0.5, 0.6) is 5.75 Å². The van der Waals surface area contributed by atoms with E-state index in [-0.39, 0.29) is 10.8 Å². The van der Waals surface area contributed by atoms with Crippen LogP contribution in [0.2, 0.25) is 5.02 Å². The van der Waals surface area contributed by atoms with E-state index in [2.05, 4.69) is 15.0 Å². The van der Waals surface area contributed by atoms with Crippen LogP contribution in [0.25, 0.3) is 0 Å². The van der Waals surface area contributed by atoms with Crippen LogP contribution in [0.3, 0.4) is 0 Å². The number of para-hydroxylation sites is 1. The topological polar surface area (TPSA) is 97.4 Å². The summed E-state index contributed by atoms with van der Waals surface area (Å²) in [5, 5.41) is 3.14. The van der Waals surface area contributed by atoms with Crippen molar-refractivity contribution in [2.75, 3.05) is 10.0 Å². The normalized spacial score (nSPS) is 12.1. The van der Waals surface area contributed by atoms with Gasteiger partial charge in [-0.05, 0) is 55.0 Å². The monoisotopic (exact) mass is 445 g/mol. The predicted molar refractivity (Wildman–Crippen MR) is 116 cm³/mol. The van der Waals surface area contributed by atoms with Gasteiger partial charge in [-0.1, -0.05) is 30.7 Å². The molecular weight excluding hydrogens is 426 g/mol. The Labute approximate surface area is 180 Å². The summed E-state index contributed by atoms with van der Waals surface area (Å²) in [6, 6.07) is 16.0. The third-order valence-corrected chi connectivity index (χ3v) is 5.82. The van der Waals surface area contributed by atoms with E-state index < -0.39 is 16.1 Å². The van der Waals surface area contributed by atoms with Gasteiger partial charge in [0.05, 0.1) is 21.8 Å². The number of pyridine rings is 1. The fourth-order valence-corrected chi connectivity index (χ4v) is 3.82. The maximum Gasteiger partial charge on any atom is 0.265 e. The van der Waals surface area contributed by atoms with Gasteiger partial charge in [0.15, 0.2) is 6.10 Å². The highest BCUT2D eigenvalue weighted by Crippen LogP contribution is 2.25. The maximum atomic E-state index is 12.6. The molecule has 7 nitrogen and oxygen atoms in total. The van der Waals surface area contributed by atoms with Gasteiger partial charge < -0.3 is 10.1 Å². The standard InChI is InChI=1S/C21H20ClN3O4S/c1-2-19(29-20-8-4-3-7-18(20)22)21(26)24-15-9-11-17(12-10-15)30(27,28)25-16-6-5-13-23-14-16/h3-14,19,25H,2H2,1H3,(H,24,26)/t19-/m1/s1. The SMILES string of the molecule is CC[C@@H](Oc1ccccc1Cl)C(=O)Nc1ccc(S(=O)(=O)Nc2cccnc2)cc1. The first-order valence-corrected chi connectivity index (χ1v) is 11.0. The number of carbonyl (C=O) groups is 1. The van der Waals surface area contributed by atoms with E-state index in [0.717, 1.165) is 0 Å². The number of nitrogens with zero attached hydrogens (tertiary/aromatic N) is 1. The van der Waals surface area contributed by atoms with Crippen LogP contribution in [0.15, 0.2) is 78.0 Å². The molecule has 1 aromatic heterocycles. The number of rotatable bonds is 8. The van der Waals surface area contributed by atoms with E-state index in [1.54, 1.807) is 42.6 Å². The summed E-state index contributed by atoms with van der Waals surface area (Å²) in [5.41, 5.74) is 0.805. The highest BCUT2D eigenvalue weighted by molar-refractivity contribution is 7.92. The quantitative estimate of drug-likeness (QED) is 0.537. The third-order valence-electron chi connectivity index (χ3n) is 4.12. The Morgan fingerprint density at radius 3 is 2.43 bits per heavy atom. The molecule has 1 heterocycles. The number of aromatic nitrogens is 1. The van der Waals surface area contributed by atoms with Crippen LogP contribution < -0.4 is 14.8 Å². The van der Waals surface area contributed by atoms with Crippen LogP contribution in [0.1, 0.15) is 13.3 Å². The first kappa shape index (κ1) is 21.6. The van der Waals surface area contributed by atoms with E-state index in [9.17, 15) is 13.2 Å². The molecule has 156 valence electrons. The number of halogens is 1. The summed E-state index contributed by atoms with van der Waals surface area (Å²) in [6.45, 7) is 1.82. The molecular formula is C21H20ClN3O4S. The van der Waals surface area contributed by atoms with E-state index in [0.29, 0.717) is 28.6 Å². The van der Waals surface area contributed by atoms with E-state index in [4.69, 9.17) is 16.3 Å². The first-order chi connectivity index (χ1) is 14.4. The minimum Gasteiger partial charge on any atom is -0.479 e. The molecule has 9 heteroatoms. The molecule has 0 aliphatic rings. The zero-order chi connectivity index (χ0) is 21.6. The second-order valence-corrected chi connectivity index (χ2v) is 8.40. The van der Waals surface area contributed by atoms with Crippen molar-refractivity contribution in [1.29, 1.82) is 0 Å². The van der Waals surface area contributed by atoms with Crippen LogP contribution in [-0.4, -0.2) is 25.4 Å². The zero-order valence-corrected chi connectivity index (χ0v) is 17.7. The highest BCUT2D eigenvalue weighted by Gasteiger charge is 2.20. The number of anilines is 2. The lowest BCUT2D eigenvalue weighted by atomic mass is 10.2. The molecule has 0 radical (unpaired) electrons. The van der Waals surface area contributed by atoms with Crippen molar-refractivity contribution < 1.29 is 17.9 Å². The lowest BCUT2D eigenvalue weighted by Gasteiger charge is -2.18. The fraction of sp³-hybridized carbons (Fsp3) is 0.143. The maximum absolute atomic E-state index is 12.6. The summed E-state index contributed by atoms with van der Waals surface area (Å²) in [4.78, 5) is 16.5. The Morgan fingerprint density at radius 2 is 1.80 bits per heavy atom. The third kappa shape index (κ3) is 5.49. The molecule has 2 N–H and O–H groups in total. The van der Waals surface area contributed by atoms with Crippen molar-refractivity contribution in [2.24, 2.45) is 0 Å². The average Bonchev–Trinajstić information content (AvgIpc) is 2.74.